The third-order valence-electron chi connectivity index (χ3n) is 2.89. The lowest BCUT2D eigenvalue weighted by Crippen LogP contribution is -2.21. The van der Waals surface area contributed by atoms with Crippen LogP contribution in [0, 0.1) is 24.0 Å². The van der Waals surface area contributed by atoms with Gasteiger partial charge in [-0.15, -0.1) is 0 Å². The standard InChI is InChI=1S/C13H18N2O3/c1-9-7-12(5-4-6-14-11(3)16)13(15(17)18)8-10(9)2/h7-8H,4-6H2,1-3H3,(H,14,16). The molecule has 0 heterocycles. The number of amides is 1. The largest absolute Gasteiger partial charge is 0.356 e. The van der Waals surface area contributed by atoms with Gasteiger partial charge in [-0.2, -0.15) is 0 Å². The molecular formula is C13H18N2O3. The van der Waals surface area contributed by atoms with Crippen LogP contribution in [0.25, 0.3) is 0 Å². The zero-order valence-electron chi connectivity index (χ0n) is 10.9. The number of nitro benzene ring substituents is 1. The van der Waals surface area contributed by atoms with Crippen molar-refractivity contribution in [2.75, 3.05) is 6.54 Å². The molecule has 0 fully saturated rings. The van der Waals surface area contributed by atoms with Gasteiger partial charge in [0.05, 0.1) is 4.92 Å². The Morgan fingerprint density at radius 3 is 2.50 bits per heavy atom. The monoisotopic (exact) mass is 250 g/mol. The van der Waals surface area contributed by atoms with Crippen LogP contribution >= 0.6 is 0 Å². The van der Waals surface area contributed by atoms with Crippen molar-refractivity contribution in [1.29, 1.82) is 0 Å². The Morgan fingerprint density at radius 1 is 1.33 bits per heavy atom. The fourth-order valence-corrected chi connectivity index (χ4v) is 1.77. The first-order valence-electron chi connectivity index (χ1n) is 5.90. The van der Waals surface area contributed by atoms with E-state index in [-0.39, 0.29) is 16.5 Å². The van der Waals surface area contributed by atoms with Gasteiger partial charge < -0.3 is 5.32 Å². The Balaban J connectivity index is 2.77. The molecule has 0 aromatic heterocycles. The predicted molar refractivity (Wildman–Crippen MR) is 69.6 cm³/mol. The summed E-state index contributed by atoms with van der Waals surface area (Å²) in [7, 11) is 0. The number of nitrogens with one attached hydrogen (secondary N) is 1. The molecule has 98 valence electrons. The average Bonchev–Trinajstić information content (AvgIpc) is 2.28. The van der Waals surface area contributed by atoms with Crippen molar-refractivity contribution in [1.82, 2.24) is 5.32 Å². The third kappa shape index (κ3) is 3.84. The van der Waals surface area contributed by atoms with Gasteiger partial charge in [-0.3, -0.25) is 14.9 Å². The van der Waals surface area contributed by atoms with Crippen LogP contribution in [0.5, 0.6) is 0 Å². The molecule has 0 bridgehead atoms. The second kappa shape index (κ2) is 6.14. The summed E-state index contributed by atoms with van der Waals surface area (Å²) < 4.78 is 0. The van der Waals surface area contributed by atoms with E-state index in [0.717, 1.165) is 16.7 Å². The van der Waals surface area contributed by atoms with Crippen LogP contribution in [-0.2, 0) is 11.2 Å². The van der Waals surface area contributed by atoms with Gasteiger partial charge in [-0.05, 0) is 43.9 Å². The molecule has 0 atom stereocenters. The number of rotatable bonds is 5. The maximum absolute atomic E-state index is 11.0. The predicted octanol–water partition coefficient (Wildman–Crippen LogP) is 2.28. The summed E-state index contributed by atoms with van der Waals surface area (Å²) in [5, 5.41) is 13.6. The van der Waals surface area contributed by atoms with Crippen LogP contribution in [0.4, 0.5) is 5.69 Å². The summed E-state index contributed by atoms with van der Waals surface area (Å²) in [6, 6.07) is 3.48. The molecule has 0 spiro atoms. The summed E-state index contributed by atoms with van der Waals surface area (Å²) in [5.41, 5.74) is 2.87. The zero-order chi connectivity index (χ0) is 13.7. The molecule has 0 radical (unpaired) electrons. The highest BCUT2D eigenvalue weighted by Crippen LogP contribution is 2.24. The van der Waals surface area contributed by atoms with Gasteiger partial charge in [0.25, 0.3) is 5.69 Å². The van der Waals surface area contributed by atoms with Crippen molar-refractivity contribution in [2.45, 2.75) is 33.6 Å². The molecule has 5 heteroatoms. The second-order valence-electron chi connectivity index (χ2n) is 4.41. The SMILES string of the molecule is CC(=O)NCCCc1cc(C)c(C)cc1[N+](=O)[O-]. The zero-order valence-corrected chi connectivity index (χ0v) is 10.9. The summed E-state index contributed by atoms with van der Waals surface area (Å²) in [6.45, 7) is 5.80. The highest BCUT2D eigenvalue weighted by molar-refractivity contribution is 5.72. The topological polar surface area (TPSA) is 72.2 Å². The molecule has 0 unspecified atom stereocenters. The number of nitrogens with zero attached hydrogens (tertiary/aromatic N) is 1. The normalized spacial score (nSPS) is 10.2. The Kier molecular flexibility index (Phi) is 4.83. The molecule has 1 N–H and O–H groups in total. The minimum Gasteiger partial charge on any atom is -0.356 e. The molecular weight excluding hydrogens is 232 g/mol. The molecule has 18 heavy (non-hydrogen) atoms. The second-order valence-corrected chi connectivity index (χ2v) is 4.41. The van der Waals surface area contributed by atoms with Crippen LogP contribution in [-0.4, -0.2) is 17.4 Å². The Bertz CT molecular complexity index is 470. The minimum atomic E-state index is -0.347. The Hall–Kier alpha value is -1.91. The van der Waals surface area contributed by atoms with Crippen LogP contribution in [0.1, 0.15) is 30.0 Å². The maximum atomic E-state index is 11.0. The van der Waals surface area contributed by atoms with Crippen molar-refractivity contribution in [2.24, 2.45) is 0 Å². The molecule has 5 nitrogen and oxygen atoms in total. The number of carbonyl (C=O) groups is 1. The van der Waals surface area contributed by atoms with Crippen molar-refractivity contribution in [3.63, 3.8) is 0 Å². The number of hydrogen-bond donors (Lipinski definition) is 1. The average molecular weight is 250 g/mol. The molecule has 1 rings (SSSR count). The highest BCUT2D eigenvalue weighted by atomic mass is 16.6. The lowest BCUT2D eigenvalue weighted by atomic mass is 10.0. The van der Waals surface area contributed by atoms with Crippen LogP contribution < -0.4 is 5.32 Å². The molecule has 1 amide bonds. The van der Waals surface area contributed by atoms with Gasteiger partial charge in [0, 0.05) is 25.1 Å². The fourth-order valence-electron chi connectivity index (χ4n) is 1.77. The smallest absolute Gasteiger partial charge is 0.272 e. The van der Waals surface area contributed by atoms with Crippen LogP contribution in [0.15, 0.2) is 12.1 Å². The third-order valence-corrected chi connectivity index (χ3v) is 2.89. The van der Waals surface area contributed by atoms with Gasteiger partial charge in [0.2, 0.25) is 5.91 Å². The minimum absolute atomic E-state index is 0.0791. The molecule has 0 aliphatic rings. The van der Waals surface area contributed by atoms with Crippen molar-refractivity contribution in [3.8, 4) is 0 Å². The first-order valence-corrected chi connectivity index (χ1v) is 5.90. The highest BCUT2D eigenvalue weighted by Gasteiger charge is 2.14. The van der Waals surface area contributed by atoms with E-state index in [1.807, 2.05) is 19.9 Å². The molecule has 0 aliphatic heterocycles. The first-order chi connectivity index (χ1) is 8.41. The van der Waals surface area contributed by atoms with E-state index in [4.69, 9.17) is 0 Å². The van der Waals surface area contributed by atoms with E-state index in [1.165, 1.54) is 6.92 Å². The number of nitro groups is 1. The van der Waals surface area contributed by atoms with E-state index < -0.39 is 0 Å². The molecule has 1 aromatic carbocycles. The van der Waals surface area contributed by atoms with Gasteiger partial charge in [-0.25, -0.2) is 0 Å². The molecule has 1 aromatic rings. The van der Waals surface area contributed by atoms with Crippen LogP contribution in [0.3, 0.4) is 0 Å². The van der Waals surface area contributed by atoms with E-state index in [1.54, 1.807) is 6.07 Å². The fraction of sp³-hybridized carbons (Fsp3) is 0.462. The van der Waals surface area contributed by atoms with Crippen LogP contribution in [0.2, 0.25) is 0 Å². The van der Waals surface area contributed by atoms with Crippen molar-refractivity contribution in [3.05, 3.63) is 38.9 Å². The Morgan fingerprint density at radius 2 is 1.94 bits per heavy atom. The summed E-state index contributed by atoms with van der Waals surface area (Å²) in [6.07, 6.45) is 1.29. The molecule has 0 saturated heterocycles. The van der Waals surface area contributed by atoms with Crippen molar-refractivity contribution < 1.29 is 9.72 Å². The van der Waals surface area contributed by atoms with Gasteiger partial charge in [-0.1, -0.05) is 0 Å². The van der Waals surface area contributed by atoms with E-state index in [0.29, 0.717) is 19.4 Å². The van der Waals surface area contributed by atoms with Gasteiger partial charge >= 0.3 is 0 Å². The van der Waals surface area contributed by atoms with E-state index >= 15 is 0 Å². The maximum Gasteiger partial charge on any atom is 0.272 e. The summed E-state index contributed by atoms with van der Waals surface area (Å²) >= 11 is 0. The van der Waals surface area contributed by atoms with Gasteiger partial charge in [0.15, 0.2) is 0 Å². The summed E-state index contributed by atoms with van der Waals surface area (Å²) in [4.78, 5) is 21.3. The van der Waals surface area contributed by atoms with E-state index in [9.17, 15) is 14.9 Å². The number of carbonyl (C=O) groups excluding carboxylic acids is 1. The molecule has 0 saturated carbocycles. The van der Waals surface area contributed by atoms with Gasteiger partial charge in [0.1, 0.15) is 0 Å². The lowest BCUT2D eigenvalue weighted by molar-refractivity contribution is -0.385. The molecule has 0 aliphatic carbocycles. The number of aryl methyl sites for hydroxylation is 3. The lowest BCUT2D eigenvalue weighted by Gasteiger charge is -2.07. The quantitative estimate of drug-likeness (QED) is 0.495. The van der Waals surface area contributed by atoms with Crippen molar-refractivity contribution >= 4 is 11.6 Å². The first kappa shape index (κ1) is 14.2. The number of hydrogen-bond acceptors (Lipinski definition) is 3. The van der Waals surface area contributed by atoms with E-state index in [2.05, 4.69) is 5.32 Å². The Labute approximate surface area is 106 Å². The summed E-state index contributed by atoms with van der Waals surface area (Å²) in [5.74, 6) is -0.0791. The number of benzene rings is 1.